The Kier molecular flexibility index (Phi) is 6.77. The fourth-order valence-electron chi connectivity index (χ4n) is 3.32. The zero-order chi connectivity index (χ0) is 21.0. The first kappa shape index (κ1) is 21.5. The maximum atomic E-state index is 12.8. The van der Waals surface area contributed by atoms with Crippen LogP contribution < -0.4 is 4.90 Å². The number of nitrogens with zero attached hydrogens (tertiary/aromatic N) is 4. The molecule has 2 aromatic rings. The van der Waals surface area contributed by atoms with Crippen LogP contribution in [0.15, 0.2) is 47.5 Å². The third-order valence-electron chi connectivity index (χ3n) is 5.06. The minimum Gasteiger partial charge on any atom is -0.357 e. The second kappa shape index (κ2) is 9.11. The first-order valence-electron chi connectivity index (χ1n) is 9.62. The molecule has 0 radical (unpaired) electrons. The number of pyridine rings is 1. The number of carbonyl (C=O) groups excluding carboxylic acids is 1. The van der Waals surface area contributed by atoms with E-state index in [-0.39, 0.29) is 23.9 Å². The molecule has 1 saturated heterocycles. The van der Waals surface area contributed by atoms with Gasteiger partial charge < -0.3 is 9.80 Å². The summed E-state index contributed by atoms with van der Waals surface area (Å²) in [4.78, 5) is 21.2. The number of rotatable bonds is 6. The highest BCUT2D eigenvalue weighted by molar-refractivity contribution is 7.89. The van der Waals surface area contributed by atoms with E-state index in [1.165, 1.54) is 16.4 Å². The van der Waals surface area contributed by atoms with E-state index < -0.39 is 10.0 Å². The molecule has 0 saturated carbocycles. The summed E-state index contributed by atoms with van der Waals surface area (Å²) in [6.45, 7) is 6.99. The third kappa shape index (κ3) is 4.71. The number of carbonyl (C=O) groups is 1. The fraction of sp³-hybridized carbons (Fsp3) is 0.400. The van der Waals surface area contributed by atoms with Crippen molar-refractivity contribution in [1.82, 2.24) is 14.2 Å². The maximum Gasteiger partial charge on any atom is 0.255 e. The Morgan fingerprint density at radius 2 is 1.66 bits per heavy atom. The van der Waals surface area contributed by atoms with Crippen LogP contribution in [0.5, 0.6) is 0 Å². The van der Waals surface area contributed by atoms with Crippen LogP contribution in [0.1, 0.15) is 24.2 Å². The smallest absolute Gasteiger partial charge is 0.255 e. The molecule has 0 spiro atoms. The molecule has 1 aliphatic heterocycles. The van der Waals surface area contributed by atoms with Crippen LogP contribution in [0.3, 0.4) is 0 Å². The highest BCUT2D eigenvalue weighted by atomic mass is 35.5. The second-order valence-electron chi connectivity index (χ2n) is 6.73. The number of sulfonamides is 1. The lowest BCUT2D eigenvalue weighted by atomic mass is 10.2. The Morgan fingerprint density at radius 3 is 2.17 bits per heavy atom. The van der Waals surface area contributed by atoms with Crippen molar-refractivity contribution in [1.29, 1.82) is 0 Å². The number of hydrogen-bond acceptors (Lipinski definition) is 5. The maximum absolute atomic E-state index is 12.8. The zero-order valence-corrected chi connectivity index (χ0v) is 18.2. The second-order valence-corrected chi connectivity index (χ2v) is 9.10. The molecule has 1 fully saturated rings. The van der Waals surface area contributed by atoms with E-state index in [9.17, 15) is 13.2 Å². The molecular weight excluding hydrogens is 412 g/mol. The monoisotopic (exact) mass is 436 g/mol. The SMILES string of the molecule is CCN(CC)c1ccc(C(=O)N2CCN(S(=O)(=O)c3ccc(Cl)cc3)CC2)cn1. The molecule has 0 aliphatic carbocycles. The van der Waals surface area contributed by atoms with Crippen LogP contribution >= 0.6 is 11.6 Å². The van der Waals surface area contributed by atoms with Crippen LogP contribution in [0.2, 0.25) is 5.02 Å². The van der Waals surface area contributed by atoms with E-state index in [0.717, 1.165) is 18.9 Å². The first-order chi connectivity index (χ1) is 13.9. The van der Waals surface area contributed by atoms with Gasteiger partial charge in [-0.25, -0.2) is 13.4 Å². The summed E-state index contributed by atoms with van der Waals surface area (Å²) in [5, 5.41) is 0.486. The topological polar surface area (TPSA) is 73.8 Å². The van der Waals surface area contributed by atoms with E-state index in [0.29, 0.717) is 23.7 Å². The Labute approximate surface area is 176 Å². The standard InChI is InChI=1S/C20H25ClN4O3S/c1-3-23(4-2)19-10-5-16(15-22-19)20(26)24-11-13-25(14-12-24)29(27,28)18-8-6-17(21)7-9-18/h5-10,15H,3-4,11-14H2,1-2H3. The number of anilines is 1. The summed E-state index contributed by atoms with van der Waals surface area (Å²) in [7, 11) is -3.59. The Bertz CT molecular complexity index is 937. The van der Waals surface area contributed by atoms with E-state index >= 15 is 0 Å². The Morgan fingerprint density at radius 1 is 1.03 bits per heavy atom. The van der Waals surface area contributed by atoms with Crippen LogP contribution in [0.25, 0.3) is 0 Å². The van der Waals surface area contributed by atoms with Crippen molar-refractivity contribution >= 4 is 33.3 Å². The average molecular weight is 437 g/mol. The molecule has 0 unspecified atom stereocenters. The van der Waals surface area contributed by atoms with Gasteiger partial charge >= 0.3 is 0 Å². The number of halogens is 1. The molecule has 29 heavy (non-hydrogen) atoms. The predicted octanol–water partition coefficient (Wildman–Crippen LogP) is 2.73. The number of benzene rings is 1. The summed E-state index contributed by atoms with van der Waals surface area (Å²) < 4.78 is 26.9. The molecule has 3 rings (SSSR count). The third-order valence-corrected chi connectivity index (χ3v) is 7.22. The van der Waals surface area contributed by atoms with Crippen molar-refractivity contribution in [3.05, 3.63) is 53.2 Å². The lowest BCUT2D eigenvalue weighted by molar-refractivity contribution is 0.0697. The molecule has 156 valence electrons. The summed E-state index contributed by atoms with van der Waals surface area (Å²) >= 11 is 5.84. The highest BCUT2D eigenvalue weighted by Gasteiger charge is 2.30. The van der Waals surface area contributed by atoms with Gasteiger partial charge in [0, 0.05) is 50.5 Å². The van der Waals surface area contributed by atoms with Gasteiger partial charge in [0.15, 0.2) is 0 Å². The van der Waals surface area contributed by atoms with E-state index in [2.05, 4.69) is 23.7 Å². The lowest BCUT2D eigenvalue weighted by Gasteiger charge is -2.34. The van der Waals surface area contributed by atoms with Crippen molar-refractivity contribution in [3.63, 3.8) is 0 Å². The van der Waals surface area contributed by atoms with Gasteiger partial charge in [-0.15, -0.1) is 0 Å². The summed E-state index contributed by atoms with van der Waals surface area (Å²) in [6, 6.07) is 9.74. The van der Waals surface area contributed by atoms with Gasteiger partial charge in [-0.05, 0) is 50.2 Å². The highest BCUT2D eigenvalue weighted by Crippen LogP contribution is 2.20. The number of hydrogen-bond donors (Lipinski definition) is 0. The van der Waals surface area contributed by atoms with Crippen molar-refractivity contribution in [2.75, 3.05) is 44.2 Å². The Hall–Kier alpha value is -2.16. The molecule has 0 N–H and O–H groups in total. The molecule has 1 aromatic heterocycles. The predicted molar refractivity (Wildman–Crippen MR) is 114 cm³/mol. The molecule has 0 atom stereocenters. The zero-order valence-electron chi connectivity index (χ0n) is 16.6. The van der Waals surface area contributed by atoms with Gasteiger partial charge in [0.25, 0.3) is 5.91 Å². The van der Waals surface area contributed by atoms with Crippen LogP contribution in [0, 0.1) is 0 Å². The molecule has 0 bridgehead atoms. The van der Waals surface area contributed by atoms with Gasteiger partial charge in [0.05, 0.1) is 10.5 Å². The van der Waals surface area contributed by atoms with Crippen molar-refractivity contribution < 1.29 is 13.2 Å². The normalized spacial score (nSPS) is 15.3. The molecule has 1 aromatic carbocycles. The molecule has 9 heteroatoms. The van der Waals surface area contributed by atoms with E-state index in [1.807, 2.05) is 6.07 Å². The summed E-state index contributed by atoms with van der Waals surface area (Å²) in [5.74, 6) is 0.706. The van der Waals surface area contributed by atoms with Gasteiger partial charge in [-0.3, -0.25) is 4.79 Å². The van der Waals surface area contributed by atoms with Crippen molar-refractivity contribution in [3.8, 4) is 0 Å². The number of amides is 1. The lowest BCUT2D eigenvalue weighted by Crippen LogP contribution is -2.50. The first-order valence-corrected chi connectivity index (χ1v) is 11.4. The minimum absolute atomic E-state index is 0.132. The van der Waals surface area contributed by atoms with Crippen LogP contribution in [-0.2, 0) is 10.0 Å². The molecule has 2 heterocycles. The summed E-state index contributed by atoms with van der Waals surface area (Å²) in [6.07, 6.45) is 1.59. The molecular formula is C20H25ClN4O3S. The van der Waals surface area contributed by atoms with Crippen molar-refractivity contribution in [2.24, 2.45) is 0 Å². The van der Waals surface area contributed by atoms with E-state index in [1.54, 1.807) is 29.3 Å². The molecule has 1 aliphatic rings. The fourth-order valence-corrected chi connectivity index (χ4v) is 4.87. The minimum atomic E-state index is -3.59. The molecule has 1 amide bonds. The summed E-state index contributed by atoms with van der Waals surface area (Å²) in [5.41, 5.74) is 0.509. The van der Waals surface area contributed by atoms with Crippen LogP contribution in [0.4, 0.5) is 5.82 Å². The van der Waals surface area contributed by atoms with Crippen LogP contribution in [-0.4, -0.2) is 67.8 Å². The van der Waals surface area contributed by atoms with E-state index in [4.69, 9.17) is 11.6 Å². The van der Waals surface area contributed by atoms with Gasteiger partial charge in [-0.1, -0.05) is 11.6 Å². The quantitative estimate of drug-likeness (QED) is 0.696. The Balaban J connectivity index is 1.64. The number of piperazine rings is 1. The van der Waals surface area contributed by atoms with Gasteiger partial charge in [-0.2, -0.15) is 4.31 Å². The average Bonchev–Trinajstić information content (AvgIpc) is 2.75. The largest absolute Gasteiger partial charge is 0.357 e. The molecule has 7 nitrogen and oxygen atoms in total. The van der Waals surface area contributed by atoms with Crippen molar-refractivity contribution in [2.45, 2.75) is 18.7 Å². The number of aromatic nitrogens is 1. The van der Waals surface area contributed by atoms with Gasteiger partial charge in [0.1, 0.15) is 5.82 Å². The van der Waals surface area contributed by atoms with Gasteiger partial charge in [0.2, 0.25) is 10.0 Å².